The standard InChI is InChI=1S/C15H27N3/c1-5-12-10-13(18(6-2)17-12)11-16-14-8-7-9-15(14,3)4/h10,14,16H,5-9,11H2,1-4H3. The van der Waals surface area contributed by atoms with Gasteiger partial charge in [0.1, 0.15) is 0 Å². The first-order chi connectivity index (χ1) is 8.56. The summed E-state index contributed by atoms with van der Waals surface area (Å²) in [5, 5.41) is 8.34. The molecule has 0 aliphatic heterocycles. The molecule has 0 saturated heterocycles. The molecule has 0 spiro atoms. The minimum absolute atomic E-state index is 0.449. The van der Waals surface area contributed by atoms with Crippen LogP contribution in [0.4, 0.5) is 0 Å². The van der Waals surface area contributed by atoms with Crippen molar-refractivity contribution in [3.63, 3.8) is 0 Å². The molecular formula is C15H27N3. The molecule has 0 radical (unpaired) electrons. The Hall–Kier alpha value is -0.830. The van der Waals surface area contributed by atoms with E-state index in [4.69, 9.17) is 0 Å². The molecule has 0 aromatic carbocycles. The van der Waals surface area contributed by atoms with Crippen molar-refractivity contribution in [3.05, 3.63) is 17.5 Å². The van der Waals surface area contributed by atoms with Crippen LogP contribution < -0.4 is 5.32 Å². The topological polar surface area (TPSA) is 29.9 Å². The molecule has 1 aliphatic rings. The average molecular weight is 249 g/mol. The van der Waals surface area contributed by atoms with Crippen molar-refractivity contribution < 1.29 is 0 Å². The highest BCUT2D eigenvalue weighted by molar-refractivity contribution is 5.10. The summed E-state index contributed by atoms with van der Waals surface area (Å²) in [5.74, 6) is 0. The second-order valence-electron chi connectivity index (χ2n) is 6.11. The lowest BCUT2D eigenvalue weighted by molar-refractivity contribution is 0.280. The summed E-state index contributed by atoms with van der Waals surface area (Å²) in [5.41, 5.74) is 2.99. The van der Waals surface area contributed by atoms with E-state index in [9.17, 15) is 0 Å². The van der Waals surface area contributed by atoms with Crippen LogP contribution in [0, 0.1) is 5.41 Å². The van der Waals surface area contributed by atoms with Gasteiger partial charge in [-0.25, -0.2) is 0 Å². The maximum absolute atomic E-state index is 4.61. The number of aryl methyl sites for hydroxylation is 2. The van der Waals surface area contributed by atoms with Crippen molar-refractivity contribution in [3.8, 4) is 0 Å². The van der Waals surface area contributed by atoms with E-state index in [1.807, 2.05) is 0 Å². The molecule has 3 nitrogen and oxygen atoms in total. The van der Waals surface area contributed by atoms with Crippen molar-refractivity contribution in [2.24, 2.45) is 5.41 Å². The zero-order chi connectivity index (χ0) is 13.2. The van der Waals surface area contributed by atoms with E-state index in [0.717, 1.165) is 19.5 Å². The van der Waals surface area contributed by atoms with E-state index in [1.54, 1.807) is 0 Å². The van der Waals surface area contributed by atoms with Gasteiger partial charge in [-0.2, -0.15) is 5.10 Å². The molecule has 1 atom stereocenters. The third-order valence-electron chi connectivity index (χ3n) is 4.36. The molecule has 2 rings (SSSR count). The Morgan fingerprint density at radius 3 is 2.78 bits per heavy atom. The van der Waals surface area contributed by atoms with Crippen molar-refractivity contribution >= 4 is 0 Å². The maximum atomic E-state index is 4.61. The summed E-state index contributed by atoms with van der Waals surface area (Å²) in [6.07, 6.45) is 5.04. The quantitative estimate of drug-likeness (QED) is 0.869. The summed E-state index contributed by atoms with van der Waals surface area (Å²) < 4.78 is 2.13. The number of aromatic nitrogens is 2. The lowest BCUT2D eigenvalue weighted by Crippen LogP contribution is -2.37. The summed E-state index contributed by atoms with van der Waals surface area (Å²) in [6.45, 7) is 11.0. The van der Waals surface area contributed by atoms with Crippen LogP contribution in [0.5, 0.6) is 0 Å². The molecule has 0 amide bonds. The first-order valence-electron chi connectivity index (χ1n) is 7.35. The fourth-order valence-corrected chi connectivity index (χ4v) is 3.04. The first-order valence-corrected chi connectivity index (χ1v) is 7.35. The molecule has 18 heavy (non-hydrogen) atoms. The Morgan fingerprint density at radius 1 is 1.44 bits per heavy atom. The van der Waals surface area contributed by atoms with Gasteiger partial charge in [0, 0.05) is 19.1 Å². The zero-order valence-corrected chi connectivity index (χ0v) is 12.3. The highest BCUT2D eigenvalue weighted by atomic mass is 15.3. The number of rotatable bonds is 5. The SMILES string of the molecule is CCc1cc(CNC2CCCC2(C)C)n(CC)n1. The van der Waals surface area contributed by atoms with Gasteiger partial charge in [0.05, 0.1) is 11.4 Å². The van der Waals surface area contributed by atoms with Crippen molar-refractivity contribution in [1.82, 2.24) is 15.1 Å². The average Bonchev–Trinajstić information content (AvgIpc) is 2.89. The molecule has 1 aromatic rings. The highest BCUT2D eigenvalue weighted by Gasteiger charge is 2.33. The van der Waals surface area contributed by atoms with Gasteiger partial charge in [0.25, 0.3) is 0 Å². The molecule has 1 N–H and O–H groups in total. The molecule has 1 heterocycles. The second kappa shape index (κ2) is 5.43. The van der Waals surface area contributed by atoms with Gasteiger partial charge < -0.3 is 5.32 Å². The van der Waals surface area contributed by atoms with Gasteiger partial charge >= 0.3 is 0 Å². The van der Waals surface area contributed by atoms with E-state index >= 15 is 0 Å². The van der Waals surface area contributed by atoms with Crippen LogP contribution in [-0.4, -0.2) is 15.8 Å². The number of hydrogen-bond donors (Lipinski definition) is 1. The normalized spacial score (nSPS) is 22.6. The van der Waals surface area contributed by atoms with Crippen molar-refractivity contribution in [1.29, 1.82) is 0 Å². The number of hydrogen-bond acceptors (Lipinski definition) is 2. The third-order valence-corrected chi connectivity index (χ3v) is 4.36. The zero-order valence-electron chi connectivity index (χ0n) is 12.3. The van der Waals surface area contributed by atoms with E-state index < -0.39 is 0 Å². The smallest absolute Gasteiger partial charge is 0.0625 e. The van der Waals surface area contributed by atoms with Crippen LogP contribution in [-0.2, 0) is 19.5 Å². The second-order valence-corrected chi connectivity index (χ2v) is 6.11. The van der Waals surface area contributed by atoms with E-state index in [1.165, 1.54) is 30.7 Å². The van der Waals surface area contributed by atoms with Crippen LogP contribution in [0.1, 0.15) is 58.3 Å². The Bertz CT molecular complexity index is 392. The van der Waals surface area contributed by atoms with Gasteiger partial charge in [-0.15, -0.1) is 0 Å². The van der Waals surface area contributed by atoms with E-state index in [2.05, 4.69) is 48.9 Å². The largest absolute Gasteiger partial charge is 0.308 e. The molecule has 0 bridgehead atoms. The number of nitrogens with one attached hydrogen (secondary N) is 1. The molecule has 1 aromatic heterocycles. The van der Waals surface area contributed by atoms with Crippen molar-refractivity contribution in [2.75, 3.05) is 0 Å². The summed E-state index contributed by atoms with van der Waals surface area (Å²) in [4.78, 5) is 0. The molecule has 3 heteroatoms. The monoisotopic (exact) mass is 249 g/mol. The number of nitrogens with zero attached hydrogens (tertiary/aromatic N) is 2. The summed E-state index contributed by atoms with van der Waals surface area (Å²) >= 11 is 0. The predicted molar refractivity (Wildman–Crippen MR) is 75.5 cm³/mol. The first kappa shape index (κ1) is 13.6. The van der Waals surface area contributed by atoms with Crippen LogP contribution >= 0.6 is 0 Å². The molecule has 1 saturated carbocycles. The Kier molecular flexibility index (Phi) is 4.10. The summed E-state index contributed by atoms with van der Waals surface area (Å²) in [6, 6.07) is 2.90. The van der Waals surface area contributed by atoms with Gasteiger partial charge in [0.2, 0.25) is 0 Å². The van der Waals surface area contributed by atoms with Crippen molar-refractivity contribution in [2.45, 2.75) is 72.5 Å². The van der Waals surface area contributed by atoms with E-state index in [0.29, 0.717) is 11.5 Å². The van der Waals surface area contributed by atoms with Gasteiger partial charge in [-0.3, -0.25) is 4.68 Å². The Balaban J connectivity index is 1.99. The van der Waals surface area contributed by atoms with Crippen LogP contribution in [0.3, 0.4) is 0 Å². The minimum atomic E-state index is 0.449. The molecule has 102 valence electrons. The maximum Gasteiger partial charge on any atom is 0.0625 e. The van der Waals surface area contributed by atoms with Crippen LogP contribution in [0.25, 0.3) is 0 Å². The van der Waals surface area contributed by atoms with Gasteiger partial charge in [0.15, 0.2) is 0 Å². The van der Waals surface area contributed by atoms with E-state index in [-0.39, 0.29) is 0 Å². The fourth-order valence-electron chi connectivity index (χ4n) is 3.04. The van der Waals surface area contributed by atoms with Gasteiger partial charge in [-0.1, -0.05) is 27.2 Å². The lowest BCUT2D eigenvalue weighted by atomic mass is 9.87. The molecule has 1 unspecified atom stereocenters. The fraction of sp³-hybridized carbons (Fsp3) is 0.800. The highest BCUT2D eigenvalue weighted by Crippen LogP contribution is 2.37. The molecular weight excluding hydrogens is 222 g/mol. The Labute approximate surface area is 111 Å². The summed E-state index contributed by atoms with van der Waals surface area (Å²) in [7, 11) is 0. The van der Waals surface area contributed by atoms with Crippen LogP contribution in [0.15, 0.2) is 6.07 Å². The lowest BCUT2D eigenvalue weighted by Gasteiger charge is -2.28. The van der Waals surface area contributed by atoms with Gasteiger partial charge in [-0.05, 0) is 37.7 Å². The Morgan fingerprint density at radius 2 is 2.22 bits per heavy atom. The minimum Gasteiger partial charge on any atom is -0.308 e. The predicted octanol–water partition coefficient (Wildman–Crippen LogP) is 3.13. The third kappa shape index (κ3) is 2.77. The van der Waals surface area contributed by atoms with Crippen LogP contribution in [0.2, 0.25) is 0 Å². The molecule has 1 aliphatic carbocycles. The molecule has 1 fully saturated rings.